The summed E-state index contributed by atoms with van der Waals surface area (Å²) in [7, 11) is 0. The standard InChI is InChI=1S/C14H18Br2N2O/c1-2-18(11-3-4-12(15)13(16)9-11)14(19)10-5-7-17-8-6-10/h3-4,9-10,17H,2,5-8H2,1H3. The molecular weight excluding hydrogens is 372 g/mol. The molecule has 1 aliphatic rings. The Morgan fingerprint density at radius 3 is 2.58 bits per heavy atom. The van der Waals surface area contributed by atoms with Crippen LogP contribution in [0.1, 0.15) is 19.8 Å². The Balaban J connectivity index is 2.18. The van der Waals surface area contributed by atoms with Crippen LogP contribution in [0.5, 0.6) is 0 Å². The maximum Gasteiger partial charge on any atom is 0.230 e. The fourth-order valence-electron chi connectivity index (χ4n) is 2.41. The minimum absolute atomic E-state index is 0.156. The van der Waals surface area contributed by atoms with Gasteiger partial charge in [0.25, 0.3) is 0 Å². The van der Waals surface area contributed by atoms with E-state index >= 15 is 0 Å². The highest BCUT2D eigenvalue weighted by molar-refractivity contribution is 9.13. The van der Waals surface area contributed by atoms with Gasteiger partial charge < -0.3 is 10.2 Å². The predicted octanol–water partition coefficient (Wildman–Crippen LogP) is 3.56. The molecule has 104 valence electrons. The van der Waals surface area contributed by atoms with Crippen LogP contribution in [0.3, 0.4) is 0 Å². The van der Waals surface area contributed by atoms with Gasteiger partial charge in [-0.25, -0.2) is 0 Å². The Morgan fingerprint density at radius 2 is 2.00 bits per heavy atom. The quantitative estimate of drug-likeness (QED) is 0.856. The molecule has 1 aromatic rings. The molecule has 0 spiro atoms. The number of piperidine rings is 1. The van der Waals surface area contributed by atoms with Crippen LogP contribution in [0.4, 0.5) is 5.69 Å². The van der Waals surface area contributed by atoms with E-state index in [0.717, 1.165) is 40.6 Å². The first kappa shape index (κ1) is 15.0. The van der Waals surface area contributed by atoms with Crippen molar-refractivity contribution in [3.8, 4) is 0 Å². The molecule has 0 radical (unpaired) electrons. The third-order valence-electron chi connectivity index (χ3n) is 3.49. The summed E-state index contributed by atoms with van der Waals surface area (Å²) in [5, 5.41) is 3.30. The van der Waals surface area contributed by atoms with Crippen LogP contribution in [0.15, 0.2) is 27.1 Å². The molecule has 0 bridgehead atoms. The van der Waals surface area contributed by atoms with Crippen LogP contribution < -0.4 is 10.2 Å². The molecule has 0 saturated carbocycles. The fourth-order valence-corrected chi connectivity index (χ4v) is 3.02. The van der Waals surface area contributed by atoms with Gasteiger partial charge in [0.1, 0.15) is 0 Å². The Bertz CT molecular complexity index is 459. The second-order valence-electron chi connectivity index (χ2n) is 4.71. The van der Waals surface area contributed by atoms with E-state index in [-0.39, 0.29) is 11.8 Å². The summed E-state index contributed by atoms with van der Waals surface area (Å²) in [6.45, 7) is 4.61. The van der Waals surface area contributed by atoms with E-state index in [4.69, 9.17) is 0 Å². The maximum atomic E-state index is 12.6. The van der Waals surface area contributed by atoms with Crippen molar-refractivity contribution >= 4 is 43.5 Å². The molecule has 0 aromatic heterocycles. The van der Waals surface area contributed by atoms with E-state index in [2.05, 4.69) is 37.2 Å². The molecule has 19 heavy (non-hydrogen) atoms. The Morgan fingerprint density at radius 1 is 1.32 bits per heavy atom. The van der Waals surface area contributed by atoms with Crippen molar-refractivity contribution in [2.75, 3.05) is 24.5 Å². The van der Waals surface area contributed by atoms with Gasteiger partial charge in [0.15, 0.2) is 0 Å². The van der Waals surface area contributed by atoms with Crippen LogP contribution in [-0.4, -0.2) is 25.5 Å². The highest BCUT2D eigenvalue weighted by atomic mass is 79.9. The van der Waals surface area contributed by atoms with E-state index in [0.29, 0.717) is 6.54 Å². The molecule has 2 rings (SSSR count). The summed E-state index contributed by atoms with van der Waals surface area (Å²) in [6.07, 6.45) is 1.88. The zero-order chi connectivity index (χ0) is 13.8. The first-order chi connectivity index (χ1) is 9.13. The number of amides is 1. The zero-order valence-electron chi connectivity index (χ0n) is 11.0. The molecule has 1 heterocycles. The lowest BCUT2D eigenvalue weighted by Crippen LogP contribution is -2.41. The molecule has 1 aliphatic heterocycles. The van der Waals surface area contributed by atoms with E-state index in [1.165, 1.54) is 0 Å². The van der Waals surface area contributed by atoms with Gasteiger partial charge in [-0.3, -0.25) is 4.79 Å². The van der Waals surface area contributed by atoms with Crippen molar-refractivity contribution in [1.29, 1.82) is 0 Å². The second kappa shape index (κ2) is 6.86. The third kappa shape index (κ3) is 3.58. The first-order valence-corrected chi connectivity index (χ1v) is 8.19. The summed E-state index contributed by atoms with van der Waals surface area (Å²) in [5.41, 5.74) is 0.959. The molecule has 1 aromatic carbocycles. The van der Waals surface area contributed by atoms with Gasteiger partial charge >= 0.3 is 0 Å². The average molecular weight is 390 g/mol. The predicted molar refractivity (Wildman–Crippen MR) is 85.5 cm³/mol. The van der Waals surface area contributed by atoms with E-state index in [1.54, 1.807) is 0 Å². The Kier molecular flexibility index (Phi) is 5.42. The van der Waals surface area contributed by atoms with E-state index < -0.39 is 0 Å². The highest BCUT2D eigenvalue weighted by Crippen LogP contribution is 2.29. The van der Waals surface area contributed by atoms with Gasteiger partial charge in [-0.15, -0.1) is 0 Å². The largest absolute Gasteiger partial charge is 0.317 e. The molecular formula is C14H18Br2N2O. The molecule has 1 amide bonds. The zero-order valence-corrected chi connectivity index (χ0v) is 14.1. The Hall–Kier alpha value is -0.390. The summed E-state index contributed by atoms with van der Waals surface area (Å²) < 4.78 is 1.98. The van der Waals surface area contributed by atoms with Gasteiger partial charge in [0, 0.05) is 27.1 Å². The number of nitrogens with one attached hydrogen (secondary N) is 1. The van der Waals surface area contributed by atoms with Crippen LogP contribution in [0, 0.1) is 5.92 Å². The van der Waals surface area contributed by atoms with E-state index in [1.807, 2.05) is 30.0 Å². The van der Waals surface area contributed by atoms with Crippen molar-refractivity contribution in [3.63, 3.8) is 0 Å². The number of nitrogens with zero attached hydrogens (tertiary/aromatic N) is 1. The topological polar surface area (TPSA) is 32.3 Å². The lowest BCUT2D eigenvalue weighted by atomic mass is 9.96. The van der Waals surface area contributed by atoms with Gasteiger partial charge in [0.05, 0.1) is 0 Å². The van der Waals surface area contributed by atoms with Gasteiger partial charge in [0.2, 0.25) is 5.91 Å². The number of carbonyl (C=O) groups excluding carboxylic acids is 1. The second-order valence-corrected chi connectivity index (χ2v) is 6.41. The van der Waals surface area contributed by atoms with Gasteiger partial charge in [-0.05, 0) is 82.9 Å². The molecule has 1 N–H and O–H groups in total. The summed E-state index contributed by atoms with van der Waals surface area (Å²) in [4.78, 5) is 14.5. The molecule has 0 unspecified atom stereocenters. The normalized spacial score (nSPS) is 16.4. The number of rotatable bonds is 3. The van der Waals surface area contributed by atoms with Crippen LogP contribution in [-0.2, 0) is 4.79 Å². The minimum Gasteiger partial charge on any atom is -0.317 e. The number of hydrogen-bond acceptors (Lipinski definition) is 2. The van der Waals surface area contributed by atoms with E-state index in [9.17, 15) is 4.79 Å². The Labute approximate surface area is 131 Å². The average Bonchev–Trinajstić information content (AvgIpc) is 2.44. The van der Waals surface area contributed by atoms with Crippen molar-refractivity contribution < 1.29 is 4.79 Å². The van der Waals surface area contributed by atoms with Gasteiger partial charge in [-0.2, -0.15) is 0 Å². The first-order valence-electron chi connectivity index (χ1n) is 6.60. The van der Waals surface area contributed by atoms with Crippen molar-refractivity contribution in [2.24, 2.45) is 5.92 Å². The smallest absolute Gasteiger partial charge is 0.230 e. The van der Waals surface area contributed by atoms with Gasteiger partial charge in [-0.1, -0.05) is 0 Å². The molecule has 0 aliphatic carbocycles. The highest BCUT2D eigenvalue weighted by Gasteiger charge is 2.26. The molecule has 3 nitrogen and oxygen atoms in total. The molecule has 5 heteroatoms. The number of carbonyl (C=O) groups is 1. The van der Waals surface area contributed by atoms with Crippen LogP contribution in [0.25, 0.3) is 0 Å². The third-order valence-corrected chi connectivity index (χ3v) is 5.37. The SMILES string of the molecule is CCN(C(=O)C1CCNCC1)c1ccc(Br)c(Br)c1. The van der Waals surface area contributed by atoms with Crippen LogP contribution in [0.2, 0.25) is 0 Å². The fraction of sp³-hybridized carbons (Fsp3) is 0.500. The maximum absolute atomic E-state index is 12.6. The van der Waals surface area contributed by atoms with Crippen LogP contribution >= 0.6 is 31.9 Å². The monoisotopic (exact) mass is 388 g/mol. The van der Waals surface area contributed by atoms with Crippen molar-refractivity contribution in [3.05, 3.63) is 27.1 Å². The van der Waals surface area contributed by atoms with Crippen molar-refractivity contribution in [2.45, 2.75) is 19.8 Å². The van der Waals surface area contributed by atoms with Crippen molar-refractivity contribution in [1.82, 2.24) is 5.32 Å². The molecule has 1 saturated heterocycles. The minimum atomic E-state index is 0.156. The number of halogens is 2. The summed E-state index contributed by atoms with van der Waals surface area (Å²) in [6, 6.07) is 5.95. The number of hydrogen-bond donors (Lipinski definition) is 1. The number of benzene rings is 1. The molecule has 1 fully saturated rings. The summed E-state index contributed by atoms with van der Waals surface area (Å²) >= 11 is 6.95. The lowest BCUT2D eigenvalue weighted by molar-refractivity contribution is -0.123. The number of anilines is 1. The lowest BCUT2D eigenvalue weighted by Gasteiger charge is -2.29. The summed E-state index contributed by atoms with van der Waals surface area (Å²) in [5.74, 6) is 0.404. The molecule has 0 atom stereocenters.